The average Bonchev–Trinajstić information content (AvgIpc) is 2.30. The molecule has 0 amide bonds. The van der Waals surface area contributed by atoms with Crippen molar-refractivity contribution >= 4 is 30.5 Å². The van der Waals surface area contributed by atoms with E-state index in [0.717, 1.165) is 0 Å². The molecule has 2 nitrogen and oxygen atoms in total. The zero-order valence-corrected chi connectivity index (χ0v) is 11.0. The van der Waals surface area contributed by atoms with Gasteiger partial charge in [0.05, 0.1) is 0 Å². The molecule has 1 heterocycles. The number of nitrogens with two attached hydrogens (primary N) is 1. The summed E-state index contributed by atoms with van der Waals surface area (Å²) in [4.78, 5) is 2.46. The van der Waals surface area contributed by atoms with E-state index in [1.807, 2.05) is 0 Å². The van der Waals surface area contributed by atoms with E-state index < -0.39 is 0 Å². The van der Waals surface area contributed by atoms with Crippen LogP contribution < -0.4 is 10.6 Å². The van der Waals surface area contributed by atoms with Gasteiger partial charge in [-0.15, -0.1) is 24.8 Å². The molecular formula is C12H20Cl2N2. The summed E-state index contributed by atoms with van der Waals surface area (Å²) in [6.07, 6.45) is 4.03. The molecule has 1 aliphatic heterocycles. The lowest BCUT2D eigenvalue weighted by atomic mass is 10.1. The van der Waals surface area contributed by atoms with Crippen molar-refractivity contribution in [3.8, 4) is 0 Å². The van der Waals surface area contributed by atoms with E-state index in [1.165, 1.54) is 43.6 Å². The van der Waals surface area contributed by atoms with Gasteiger partial charge in [-0.1, -0.05) is 12.1 Å². The Labute approximate surface area is 110 Å². The number of nitrogens with zero attached hydrogens (tertiary/aromatic N) is 1. The first-order valence-electron chi connectivity index (χ1n) is 5.44. The van der Waals surface area contributed by atoms with E-state index in [9.17, 15) is 0 Å². The van der Waals surface area contributed by atoms with Gasteiger partial charge in [0, 0.05) is 25.3 Å². The van der Waals surface area contributed by atoms with Gasteiger partial charge >= 0.3 is 0 Å². The summed E-state index contributed by atoms with van der Waals surface area (Å²) in [5.41, 5.74) is 8.20. The van der Waals surface area contributed by atoms with Crippen molar-refractivity contribution in [1.82, 2.24) is 0 Å². The van der Waals surface area contributed by atoms with Crippen LogP contribution >= 0.6 is 24.8 Å². The normalized spacial score (nSPS) is 14.9. The Balaban J connectivity index is 0.00000112. The van der Waals surface area contributed by atoms with Crippen molar-refractivity contribution in [2.75, 3.05) is 18.0 Å². The second-order valence-corrected chi connectivity index (χ2v) is 3.92. The smallest absolute Gasteiger partial charge is 0.0369 e. The highest BCUT2D eigenvalue weighted by molar-refractivity contribution is 5.85. The van der Waals surface area contributed by atoms with Gasteiger partial charge < -0.3 is 10.6 Å². The summed E-state index contributed by atoms with van der Waals surface area (Å²) < 4.78 is 0. The van der Waals surface area contributed by atoms with Gasteiger partial charge in [0.15, 0.2) is 0 Å². The molecule has 0 radical (unpaired) electrons. The fraction of sp³-hybridized carbons (Fsp3) is 0.500. The van der Waals surface area contributed by atoms with E-state index in [0.29, 0.717) is 6.54 Å². The Hall–Kier alpha value is -0.440. The molecule has 16 heavy (non-hydrogen) atoms. The Bertz CT molecular complexity index is 299. The van der Waals surface area contributed by atoms with Crippen molar-refractivity contribution in [1.29, 1.82) is 0 Å². The van der Waals surface area contributed by atoms with Crippen LogP contribution in [-0.4, -0.2) is 13.1 Å². The number of halogens is 2. The molecule has 0 atom stereocenters. The van der Waals surface area contributed by atoms with Crippen LogP contribution in [0.3, 0.4) is 0 Å². The SMILES string of the molecule is Cl.Cl.NCc1cccc(N2CCCCC2)c1. The lowest BCUT2D eigenvalue weighted by Gasteiger charge is -2.29. The number of hydrogen-bond acceptors (Lipinski definition) is 2. The molecule has 0 aromatic heterocycles. The van der Waals surface area contributed by atoms with Gasteiger partial charge in [-0.3, -0.25) is 0 Å². The fourth-order valence-corrected chi connectivity index (χ4v) is 2.03. The molecule has 1 aromatic carbocycles. The molecule has 4 heteroatoms. The molecule has 0 bridgehead atoms. The number of anilines is 1. The molecule has 2 rings (SSSR count). The maximum Gasteiger partial charge on any atom is 0.0369 e. The molecule has 2 N–H and O–H groups in total. The second-order valence-electron chi connectivity index (χ2n) is 3.92. The highest BCUT2D eigenvalue weighted by atomic mass is 35.5. The third-order valence-electron chi connectivity index (χ3n) is 2.87. The van der Waals surface area contributed by atoms with Crippen LogP contribution in [0.5, 0.6) is 0 Å². The summed E-state index contributed by atoms with van der Waals surface area (Å²) in [6.45, 7) is 3.05. The Morgan fingerprint density at radius 3 is 2.38 bits per heavy atom. The van der Waals surface area contributed by atoms with Gasteiger partial charge in [0.1, 0.15) is 0 Å². The quantitative estimate of drug-likeness (QED) is 0.888. The van der Waals surface area contributed by atoms with Crippen LogP contribution in [0, 0.1) is 0 Å². The highest BCUT2D eigenvalue weighted by Crippen LogP contribution is 2.20. The minimum absolute atomic E-state index is 0. The molecular weight excluding hydrogens is 243 g/mol. The maximum atomic E-state index is 5.63. The van der Waals surface area contributed by atoms with Gasteiger partial charge in [-0.25, -0.2) is 0 Å². The zero-order valence-electron chi connectivity index (χ0n) is 9.39. The summed E-state index contributed by atoms with van der Waals surface area (Å²) in [5.74, 6) is 0. The first-order chi connectivity index (χ1) is 6.90. The molecule has 0 unspecified atom stereocenters. The zero-order chi connectivity index (χ0) is 9.80. The van der Waals surface area contributed by atoms with Crippen LogP contribution in [-0.2, 0) is 6.54 Å². The Morgan fingerprint density at radius 2 is 1.75 bits per heavy atom. The minimum atomic E-state index is 0. The highest BCUT2D eigenvalue weighted by Gasteiger charge is 2.10. The summed E-state index contributed by atoms with van der Waals surface area (Å²) in [6, 6.07) is 8.59. The van der Waals surface area contributed by atoms with Crippen LogP contribution in [0.1, 0.15) is 24.8 Å². The third kappa shape index (κ3) is 3.85. The monoisotopic (exact) mass is 262 g/mol. The molecule has 92 valence electrons. The fourth-order valence-electron chi connectivity index (χ4n) is 2.03. The summed E-state index contributed by atoms with van der Waals surface area (Å²) in [5, 5.41) is 0. The summed E-state index contributed by atoms with van der Waals surface area (Å²) >= 11 is 0. The number of piperidine rings is 1. The van der Waals surface area contributed by atoms with E-state index in [4.69, 9.17) is 5.73 Å². The largest absolute Gasteiger partial charge is 0.372 e. The van der Waals surface area contributed by atoms with E-state index in [-0.39, 0.29) is 24.8 Å². The van der Waals surface area contributed by atoms with Crippen molar-refractivity contribution in [3.63, 3.8) is 0 Å². The third-order valence-corrected chi connectivity index (χ3v) is 2.87. The van der Waals surface area contributed by atoms with Crippen LogP contribution in [0.15, 0.2) is 24.3 Å². The standard InChI is InChI=1S/C12H18N2.2ClH/c13-10-11-5-4-6-12(9-11)14-7-2-1-3-8-14;;/h4-6,9H,1-3,7-8,10,13H2;2*1H. The maximum absolute atomic E-state index is 5.63. The lowest BCUT2D eigenvalue weighted by Crippen LogP contribution is -2.29. The number of rotatable bonds is 2. The lowest BCUT2D eigenvalue weighted by molar-refractivity contribution is 0.577. The Morgan fingerprint density at radius 1 is 1.06 bits per heavy atom. The first-order valence-corrected chi connectivity index (χ1v) is 5.44. The predicted octanol–water partition coefficient (Wildman–Crippen LogP) is 2.98. The molecule has 1 saturated heterocycles. The predicted molar refractivity (Wildman–Crippen MR) is 74.9 cm³/mol. The van der Waals surface area contributed by atoms with E-state index in [2.05, 4.69) is 29.2 Å². The van der Waals surface area contributed by atoms with Crippen molar-refractivity contribution < 1.29 is 0 Å². The molecule has 1 fully saturated rings. The molecule has 0 saturated carbocycles. The first kappa shape index (κ1) is 15.6. The van der Waals surface area contributed by atoms with Crippen LogP contribution in [0.4, 0.5) is 5.69 Å². The van der Waals surface area contributed by atoms with Gasteiger partial charge in [0.25, 0.3) is 0 Å². The second kappa shape index (κ2) is 7.77. The van der Waals surface area contributed by atoms with Crippen LogP contribution in [0.2, 0.25) is 0 Å². The molecule has 1 aliphatic rings. The van der Waals surface area contributed by atoms with Crippen molar-refractivity contribution in [2.24, 2.45) is 5.73 Å². The van der Waals surface area contributed by atoms with Gasteiger partial charge in [-0.2, -0.15) is 0 Å². The number of hydrogen-bond donors (Lipinski definition) is 1. The van der Waals surface area contributed by atoms with Gasteiger partial charge in [0.2, 0.25) is 0 Å². The molecule has 1 aromatic rings. The van der Waals surface area contributed by atoms with Crippen molar-refractivity contribution in [2.45, 2.75) is 25.8 Å². The van der Waals surface area contributed by atoms with Crippen LogP contribution in [0.25, 0.3) is 0 Å². The average molecular weight is 263 g/mol. The topological polar surface area (TPSA) is 29.3 Å². The van der Waals surface area contributed by atoms with Crippen molar-refractivity contribution in [3.05, 3.63) is 29.8 Å². The number of benzene rings is 1. The van der Waals surface area contributed by atoms with E-state index in [1.54, 1.807) is 0 Å². The van der Waals surface area contributed by atoms with Gasteiger partial charge in [-0.05, 0) is 37.0 Å². The Kier molecular flexibility index (Phi) is 7.56. The molecule has 0 aliphatic carbocycles. The molecule has 0 spiro atoms. The van der Waals surface area contributed by atoms with E-state index >= 15 is 0 Å². The minimum Gasteiger partial charge on any atom is -0.372 e. The summed E-state index contributed by atoms with van der Waals surface area (Å²) in [7, 11) is 0.